The molecule has 8 nitrogen and oxygen atoms in total. The quantitative estimate of drug-likeness (QED) is 0.330. The summed E-state index contributed by atoms with van der Waals surface area (Å²) in [6.07, 6.45) is 0. The predicted octanol–water partition coefficient (Wildman–Crippen LogP) is 5.00. The van der Waals surface area contributed by atoms with Crippen LogP contribution in [0.2, 0.25) is 0 Å². The highest BCUT2D eigenvalue weighted by atomic mass is 32.2. The Morgan fingerprint density at radius 1 is 0.914 bits per heavy atom. The fourth-order valence-corrected chi connectivity index (χ4v) is 4.27. The van der Waals surface area contributed by atoms with E-state index >= 15 is 0 Å². The molecule has 1 aromatic heterocycles. The van der Waals surface area contributed by atoms with Crippen LogP contribution >= 0.6 is 11.8 Å². The van der Waals surface area contributed by atoms with Crippen molar-refractivity contribution in [2.24, 2.45) is 0 Å². The molecule has 0 saturated carbocycles. The Hall–Kier alpha value is -3.98. The lowest BCUT2D eigenvalue weighted by molar-refractivity contribution is -0.113. The molecule has 4 aromatic rings. The molecule has 0 fully saturated rings. The number of anilines is 1. The van der Waals surface area contributed by atoms with Crippen molar-refractivity contribution >= 4 is 23.4 Å². The molecule has 0 saturated heterocycles. The van der Waals surface area contributed by atoms with E-state index in [4.69, 9.17) is 14.2 Å². The number of nitrogens with zero attached hydrogens (tertiary/aromatic N) is 3. The Balaban J connectivity index is 1.59. The van der Waals surface area contributed by atoms with Crippen LogP contribution in [0, 0.1) is 6.92 Å². The van der Waals surface area contributed by atoms with E-state index in [1.807, 2.05) is 54.0 Å². The van der Waals surface area contributed by atoms with Gasteiger partial charge in [-0.05, 0) is 49.4 Å². The number of hydrogen-bond donors (Lipinski definition) is 1. The maximum Gasteiger partial charge on any atom is 0.234 e. The summed E-state index contributed by atoms with van der Waals surface area (Å²) in [6.45, 7) is 2.03. The van der Waals surface area contributed by atoms with Gasteiger partial charge in [-0.15, -0.1) is 10.2 Å². The Kier molecular flexibility index (Phi) is 7.57. The molecule has 0 bridgehead atoms. The number of nitrogens with one attached hydrogen (secondary N) is 1. The van der Waals surface area contributed by atoms with E-state index in [0.717, 1.165) is 22.6 Å². The van der Waals surface area contributed by atoms with Gasteiger partial charge in [0, 0.05) is 17.3 Å². The van der Waals surface area contributed by atoms with Crippen molar-refractivity contribution in [1.82, 2.24) is 14.8 Å². The molecule has 0 aliphatic heterocycles. The van der Waals surface area contributed by atoms with E-state index in [9.17, 15) is 4.79 Å². The molecule has 3 aromatic carbocycles. The van der Waals surface area contributed by atoms with Crippen molar-refractivity contribution in [3.63, 3.8) is 0 Å². The lowest BCUT2D eigenvalue weighted by Gasteiger charge is -2.13. The lowest BCUT2D eigenvalue weighted by Crippen LogP contribution is -2.15. The van der Waals surface area contributed by atoms with E-state index in [0.29, 0.717) is 28.2 Å². The van der Waals surface area contributed by atoms with E-state index in [-0.39, 0.29) is 11.7 Å². The molecular weight excluding hydrogens is 464 g/mol. The number of aryl methyl sites for hydroxylation is 1. The molecule has 1 N–H and O–H groups in total. The van der Waals surface area contributed by atoms with Gasteiger partial charge < -0.3 is 19.5 Å². The maximum absolute atomic E-state index is 12.8. The number of thioether (sulfide) groups is 1. The maximum atomic E-state index is 12.8. The molecule has 0 aliphatic rings. The summed E-state index contributed by atoms with van der Waals surface area (Å²) in [7, 11) is 4.75. The minimum atomic E-state index is -0.195. The third-order valence-corrected chi connectivity index (χ3v) is 6.18. The number of carbonyl (C=O) groups excluding carboxylic acids is 1. The number of methoxy groups -OCH3 is 3. The first-order valence-electron chi connectivity index (χ1n) is 10.8. The van der Waals surface area contributed by atoms with Crippen LogP contribution in [-0.4, -0.2) is 47.8 Å². The zero-order chi connectivity index (χ0) is 24.8. The summed E-state index contributed by atoms with van der Waals surface area (Å²) in [4.78, 5) is 12.8. The summed E-state index contributed by atoms with van der Waals surface area (Å²) < 4.78 is 17.8. The van der Waals surface area contributed by atoms with Crippen LogP contribution in [0.3, 0.4) is 0 Å². The molecule has 180 valence electrons. The number of aromatic nitrogens is 3. The Labute approximate surface area is 208 Å². The van der Waals surface area contributed by atoms with Gasteiger partial charge in [0.25, 0.3) is 0 Å². The summed E-state index contributed by atoms with van der Waals surface area (Å²) in [6, 6.07) is 20.9. The molecule has 0 aliphatic carbocycles. The predicted molar refractivity (Wildman–Crippen MR) is 137 cm³/mol. The molecule has 0 atom stereocenters. The molecule has 0 radical (unpaired) electrons. The van der Waals surface area contributed by atoms with Crippen LogP contribution in [0.5, 0.6) is 17.2 Å². The first kappa shape index (κ1) is 24.2. The first-order chi connectivity index (χ1) is 17.0. The minimum Gasteiger partial charge on any atom is -0.497 e. The molecule has 0 unspecified atom stereocenters. The van der Waals surface area contributed by atoms with Crippen LogP contribution in [0.15, 0.2) is 71.9 Å². The third kappa shape index (κ3) is 5.58. The molecular formula is C26H26N4O4S. The molecule has 9 heteroatoms. The van der Waals surface area contributed by atoms with Crippen molar-refractivity contribution in [1.29, 1.82) is 0 Å². The van der Waals surface area contributed by atoms with Gasteiger partial charge in [0.2, 0.25) is 5.91 Å². The van der Waals surface area contributed by atoms with E-state index in [2.05, 4.69) is 21.6 Å². The highest BCUT2D eigenvalue weighted by molar-refractivity contribution is 7.99. The van der Waals surface area contributed by atoms with Crippen molar-refractivity contribution in [3.05, 3.63) is 72.3 Å². The largest absolute Gasteiger partial charge is 0.497 e. The highest BCUT2D eigenvalue weighted by Crippen LogP contribution is 2.31. The second-order valence-electron chi connectivity index (χ2n) is 7.61. The van der Waals surface area contributed by atoms with Gasteiger partial charge in [0.15, 0.2) is 11.0 Å². The van der Waals surface area contributed by atoms with Gasteiger partial charge in [-0.1, -0.05) is 35.5 Å². The number of amides is 1. The Bertz CT molecular complexity index is 1320. The zero-order valence-electron chi connectivity index (χ0n) is 19.9. The Morgan fingerprint density at radius 3 is 2.34 bits per heavy atom. The monoisotopic (exact) mass is 490 g/mol. The first-order valence-corrected chi connectivity index (χ1v) is 11.8. The van der Waals surface area contributed by atoms with Crippen LogP contribution < -0.4 is 19.5 Å². The van der Waals surface area contributed by atoms with Gasteiger partial charge >= 0.3 is 0 Å². The van der Waals surface area contributed by atoms with Gasteiger partial charge in [-0.25, -0.2) is 0 Å². The number of ether oxygens (including phenoxy) is 3. The van der Waals surface area contributed by atoms with Crippen molar-refractivity contribution in [3.8, 4) is 34.3 Å². The highest BCUT2D eigenvalue weighted by Gasteiger charge is 2.18. The van der Waals surface area contributed by atoms with Gasteiger partial charge in [0.05, 0.1) is 32.8 Å². The van der Waals surface area contributed by atoms with Crippen LogP contribution in [-0.2, 0) is 4.79 Å². The fourth-order valence-electron chi connectivity index (χ4n) is 3.52. The van der Waals surface area contributed by atoms with Crippen LogP contribution in [0.4, 0.5) is 5.69 Å². The number of hydrogen-bond acceptors (Lipinski definition) is 7. The van der Waals surface area contributed by atoms with E-state index < -0.39 is 0 Å². The summed E-state index contributed by atoms with van der Waals surface area (Å²) in [5, 5.41) is 12.3. The van der Waals surface area contributed by atoms with Crippen LogP contribution in [0.25, 0.3) is 17.1 Å². The molecule has 1 amide bonds. The average Bonchev–Trinajstić information content (AvgIpc) is 3.31. The molecule has 1 heterocycles. The number of benzene rings is 3. The van der Waals surface area contributed by atoms with Crippen LogP contribution in [0.1, 0.15) is 5.56 Å². The van der Waals surface area contributed by atoms with E-state index in [1.54, 1.807) is 39.5 Å². The SMILES string of the molecule is COc1ccc(-n2c(SCC(=O)Nc3ccc(OC)cc3OC)nnc2-c2cccc(C)c2)cc1. The molecule has 4 rings (SSSR count). The van der Waals surface area contributed by atoms with E-state index in [1.165, 1.54) is 11.8 Å². The van der Waals surface area contributed by atoms with Gasteiger partial charge in [0.1, 0.15) is 17.2 Å². The topological polar surface area (TPSA) is 87.5 Å². The summed E-state index contributed by atoms with van der Waals surface area (Å²) in [5.74, 6) is 2.55. The standard InChI is InChI=1S/C26H26N4O4S/c1-17-6-5-7-18(14-17)25-28-29-26(30(25)19-8-10-20(32-2)11-9-19)35-16-24(31)27-22-13-12-21(33-3)15-23(22)34-4/h5-15H,16H2,1-4H3,(H,27,31). The lowest BCUT2D eigenvalue weighted by atomic mass is 10.1. The van der Waals surface area contributed by atoms with Crippen molar-refractivity contribution < 1.29 is 19.0 Å². The second kappa shape index (κ2) is 11.0. The fraction of sp³-hybridized carbons (Fsp3) is 0.192. The molecule has 0 spiro atoms. The van der Waals surface area contributed by atoms with Gasteiger partial charge in [-0.2, -0.15) is 0 Å². The summed E-state index contributed by atoms with van der Waals surface area (Å²) in [5.41, 5.74) is 3.49. The summed E-state index contributed by atoms with van der Waals surface area (Å²) >= 11 is 1.30. The number of carbonyl (C=O) groups is 1. The number of rotatable bonds is 9. The second-order valence-corrected chi connectivity index (χ2v) is 8.55. The normalized spacial score (nSPS) is 10.6. The third-order valence-electron chi connectivity index (χ3n) is 5.26. The van der Waals surface area contributed by atoms with Crippen molar-refractivity contribution in [2.45, 2.75) is 12.1 Å². The minimum absolute atomic E-state index is 0.136. The average molecular weight is 491 g/mol. The Morgan fingerprint density at radius 2 is 1.66 bits per heavy atom. The van der Waals surface area contributed by atoms with Gasteiger partial charge in [-0.3, -0.25) is 9.36 Å². The smallest absolute Gasteiger partial charge is 0.234 e. The zero-order valence-corrected chi connectivity index (χ0v) is 20.8. The molecule has 35 heavy (non-hydrogen) atoms. The van der Waals surface area contributed by atoms with Crippen molar-refractivity contribution in [2.75, 3.05) is 32.4 Å².